The van der Waals surface area contributed by atoms with E-state index in [0.29, 0.717) is 10.9 Å². The summed E-state index contributed by atoms with van der Waals surface area (Å²) in [4.78, 5) is 0. The van der Waals surface area contributed by atoms with Gasteiger partial charge in [0, 0.05) is 23.6 Å². The number of nitrogens with one attached hydrogen (secondary N) is 1. The number of halogens is 2. The fourth-order valence-electron chi connectivity index (χ4n) is 2.53. The van der Waals surface area contributed by atoms with E-state index in [0.717, 1.165) is 38.2 Å². The second kappa shape index (κ2) is 6.50. The maximum Gasteiger partial charge on any atom is 0.124 e. The van der Waals surface area contributed by atoms with Gasteiger partial charge in [-0.2, -0.15) is 0 Å². The normalized spacial score (nSPS) is 21.8. The molecule has 2 unspecified atom stereocenters. The van der Waals surface area contributed by atoms with Gasteiger partial charge in [0.15, 0.2) is 0 Å². The highest BCUT2D eigenvalue weighted by Crippen LogP contribution is 2.33. The van der Waals surface area contributed by atoms with Crippen LogP contribution in [-0.4, -0.2) is 19.8 Å². The van der Waals surface area contributed by atoms with Crippen LogP contribution in [0.5, 0.6) is 0 Å². The third-order valence-electron chi connectivity index (χ3n) is 3.39. The minimum atomic E-state index is -0.293. The van der Waals surface area contributed by atoms with Gasteiger partial charge < -0.3 is 10.1 Å². The van der Waals surface area contributed by atoms with Crippen LogP contribution >= 0.6 is 11.6 Å². The van der Waals surface area contributed by atoms with Crippen molar-refractivity contribution in [3.63, 3.8) is 0 Å². The summed E-state index contributed by atoms with van der Waals surface area (Å²) >= 11 is 6.16. The third kappa shape index (κ3) is 3.22. The molecule has 0 spiro atoms. The highest BCUT2D eigenvalue weighted by atomic mass is 35.5. The van der Waals surface area contributed by atoms with Gasteiger partial charge in [0.2, 0.25) is 0 Å². The number of hydrogen-bond acceptors (Lipinski definition) is 2. The Hall–Kier alpha value is -0.640. The highest BCUT2D eigenvalue weighted by molar-refractivity contribution is 6.31. The van der Waals surface area contributed by atoms with Gasteiger partial charge in [-0.1, -0.05) is 24.6 Å². The molecule has 1 fully saturated rings. The molecule has 0 aliphatic carbocycles. The van der Waals surface area contributed by atoms with Crippen molar-refractivity contribution in [2.45, 2.75) is 25.8 Å². The molecule has 0 radical (unpaired) electrons. The maximum atomic E-state index is 13.1. The van der Waals surface area contributed by atoms with Crippen molar-refractivity contribution in [2.75, 3.05) is 19.8 Å². The minimum absolute atomic E-state index is 0.142. The number of rotatable bonds is 4. The molecule has 1 aromatic rings. The van der Waals surface area contributed by atoms with Crippen LogP contribution in [0.25, 0.3) is 0 Å². The summed E-state index contributed by atoms with van der Waals surface area (Å²) in [7, 11) is 0. The minimum Gasteiger partial charge on any atom is -0.381 e. The van der Waals surface area contributed by atoms with Crippen molar-refractivity contribution in [2.24, 2.45) is 5.92 Å². The van der Waals surface area contributed by atoms with Crippen molar-refractivity contribution in [3.8, 4) is 0 Å². The fraction of sp³-hybridized carbons (Fsp3) is 0.571. The lowest BCUT2D eigenvalue weighted by atomic mass is 9.88. The molecule has 1 aliphatic rings. The first kappa shape index (κ1) is 13.8. The average Bonchev–Trinajstić information content (AvgIpc) is 2.38. The summed E-state index contributed by atoms with van der Waals surface area (Å²) in [6.45, 7) is 4.50. The lowest BCUT2D eigenvalue weighted by Crippen LogP contribution is -2.33. The molecule has 2 rings (SSSR count). The van der Waals surface area contributed by atoms with Crippen LogP contribution in [0, 0.1) is 11.7 Å². The molecule has 0 saturated carbocycles. The Kier molecular flexibility index (Phi) is 4.98. The van der Waals surface area contributed by atoms with Gasteiger partial charge in [-0.3, -0.25) is 0 Å². The summed E-state index contributed by atoms with van der Waals surface area (Å²) in [5, 5.41) is 3.93. The molecule has 2 nitrogen and oxygen atoms in total. The Labute approximate surface area is 112 Å². The van der Waals surface area contributed by atoms with Gasteiger partial charge in [0.05, 0.1) is 6.61 Å². The Bertz CT molecular complexity index is 393. The second-order valence-corrected chi connectivity index (χ2v) is 5.09. The van der Waals surface area contributed by atoms with E-state index >= 15 is 0 Å². The first-order valence-corrected chi connectivity index (χ1v) is 6.86. The predicted molar refractivity (Wildman–Crippen MR) is 71.4 cm³/mol. The predicted octanol–water partition coefficient (Wildman–Crippen LogP) is 3.56. The number of benzene rings is 1. The van der Waals surface area contributed by atoms with E-state index in [-0.39, 0.29) is 11.9 Å². The number of hydrogen-bond donors (Lipinski definition) is 1. The molecule has 1 heterocycles. The molecule has 4 heteroatoms. The molecule has 0 aromatic heterocycles. The van der Waals surface area contributed by atoms with E-state index in [1.807, 2.05) is 0 Å². The van der Waals surface area contributed by atoms with Crippen molar-refractivity contribution in [1.82, 2.24) is 5.32 Å². The largest absolute Gasteiger partial charge is 0.381 e. The SMILES string of the molecule is CCNC(c1ccc(F)cc1Cl)C1CCCOC1. The monoisotopic (exact) mass is 271 g/mol. The Morgan fingerprint density at radius 3 is 3.00 bits per heavy atom. The molecular formula is C14H19ClFNO. The van der Waals surface area contributed by atoms with Crippen molar-refractivity contribution >= 4 is 11.6 Å². The van der Waals surface area contributed by atoms with Crippen LogP contribution in [0.4, 0.5) is 4.39 Å². The quantitative estimate of drug-likeness (QED) is 0.904. The smallest absolute Gasteiger partial charge is 0.124 e. The van der Waals surface area contributed by atoms with Crippen LogP contribution in [-0.2, 0) is 4.74 Å². The first-order valence-electron chi connectivity index (χ1n) is 6.48. The lowest BCUT2D eigenvalue weighted by molar-refractivity contribution is 0.0393. The highest BCUT2D eigenvalue weighted by Gasteiger charge is 2.26. The zero-order valence-corrected chi connectivity index (χ0v) is 11.3. The molecular weight excluding hydrogens is 253 g/mol. The Balaban J connectivity index is 2.22. The average molecular weight is 272 g/mol. The van der Waals surface area contributed by atoms with E-state index in [1.165, 1.54) is 12.1 Å². The van der Waals surface area contributed by atoms with E-state index in [1.54, 1.807) is 6.07 Å². The Morgan fingerprint density at radius 2 is 2.39 bits per heavy atom. The van der Waals surface area contributed by atoms with Crippen LogP contribution in [0.1, 0.15) is 31.4 Å². The lowest BCUT2D eigenvalue weighted by Gasteiger charge is -2.31. The summed E-state index contributed by atoms with van der Waals surface area (Å²) in [6.07, 6.45) is 2.19. The van der Waals surface area contributed by atoms with Gasteiger partial charge in [-0.05, 0) is 37.1 Å². The molecule has 1 aromatic carbocycles. The molecule has 1 N–H and O–H groups in total. The van der Waals surface area contributed by atoms with Gasteiger partial charge in [-0.25, -0.2) is 4.39 Å². The molecule has 0 bridgehead atoms. The topological polar surface area (TPSA) is 21.3 Å². The molecule has 1 saturated heterocycles. The summed E-state index contributed by atoms with van der Waals surface area (Å²) in [5.74, 6) is 0.112. The van der Waals surface area contributed by atoms with Crippen molar-refractivity contribution < 1.29 is 9.13 Å². The first-order chi connectivity index (χ1) is 8.72. The van der Waals surface area contributed by atoms with Crippen LogP contribution in [0.3, 0.4) is 0 Å². The zero-order valence-electron chi connectivity index (χ0n) is 10.6. The summed E-state index contributed by atoms with van der Waals surface area (Å²) < 4.78 is 18.6. The summed E-state index contributed by atoms with van der Waals surface area (Å²) in [5.41, 5.74) is 0.968. The third-order valence-corrected chi connectivity index (χ3v) is 3.72. The maximum absolute atomic E-state index is 13.1. The standard InChI is InChI=1S/C14H19ClFNO/c1-2-17-14(10-4-3-7-18-9-10)12-6-5-11(16)8-13(12)15/h5-6,8,10,14,17H,2-4,7,9H2,1H3. The van der Waals surface area contributed by atoms with Gasteiger partial charge >= 0.3 is 0 Å². The van der Waals surface area contributed by atoms with Gasteiger partial charge in [0.1, 0.15) is 5.82 Å². The van der Waals surface area contributed by atoms with E-state index < -0.39 is 0 Å². The molecule has 0 amide bonds. The molecule has 1 aliphatic heterocycles. The van der Waals surface area contributed by atoms with E-state index in [4.69, 9.17) is 16.3 Å². The van der Waals surface area contributed by atoms with Crippen LogP contribution in [0.15, 0.2) is 18.2 Å². The summed E-state index contributed by atoms with van der Waals surface area (Å²) in [6, 6.07) is 4.77. The van der Waals surface area contributed by atoms with Gasteiger partial charge in [-0.15, -0.1) is 0 Å². The second-order valence-electron chi connectivity index (χ2n) is 4.68. The van der Waals surface area contributed by atoms with Gasteiger partial charge in [0.25, 0.3) is 0 Å². The number of ether oxygens (including phenoxy) is 1. The van der Waals surface area contributed by atoms with Crippen LogP contribution < -0.4 is 5.32 Å². The van der Waals surface area contributed by atoms with Crippen LogP contribution in [0.2, 0.25) is 5.02 Å². The van der Waals surface area contributed by atoms with Crippen molar-refractivity contribution in [3.05, 3.63) is 34.6 Å². The molecule has 18 heavy (non-hydrogen) atoms. The van der Waals surface area contributed by atoms with E-state index in [2.05, 4.69) is 12.2 Å². The van der Waals surface area contributed by atoms with Crippen molar-refractivity contribution in [1.29, 1.82) is 0 Å². The Morgan fingerprint density at radius 1 is 1.56 bits per heavy atom. The molecule has 100 valence electrons. The molecule has 2 atom stereocenters. The zero-order chi connectivity index (χ0) is 13.0. The van der Waals surface area contributed by atoms with E-state index in [9.17, 15) is 4.39 Å². The fourth-order valence-corrected chi connectivity index (χ4v) is 2.82.